The van der Waals surface area contributed by atoms with Gasteiger partial charge in [0.25, 0.3) is 0 Å². The Hall–Kier alpha value is -0.770. The molecular formula is C12H21NO3. The molecule has 2 rings (SSSR count). The molecule has 3 atom stereocenters. The van der Waals surface area contributed by atoms with Gasteiger partial charge in [-0.2, -0.15) is 0 Å². The molecule has 0 bridgehead atoms. The summed E-state index contributed by atoms with van der Waals surface area (Å²) >= 11 is 0. The van der Waals surface area contributed by atoms with Gasteiger partial charge in [-0.1, -0.05) is 20.8 Å². The molecule has 0 aromatic carbocycles. The van der Waals surface area contributed by atoms with Crippen molar-refractivity contribution < 1.29 is 15.0 Å². The van der Waals surface area contributed by atoms with Gasteiger partial charge in [0.1, 0.15) is 0 Å². The molecule has 0 spiro atoms. The lowest BCUT2D eigenvalue weighted by molar-refractivity contribution is -0.208. The minimum absolute atomic E-state index is 0.214. The molecule has 4 nitrogen and oxygen atoms in total. The van der Waals surface area contributed by atoms with Crippen LogP contribution in [0.3, 0.4) is 0 Å². The number of hydrogen-bond donors (Lipinski definition) is 2. The van der Waals surface area contributed by atoms with Crippen LogP contribution in [0.15, 0.2) is 0 Å². The molecule has 1 aliphatic heterocycles. The lowest BCUT2D eigenvalue weighted by Gasteiger charge is -2.66. The van der Waals surface area contributed by atoms with Crippen molar-refractivity contribution in [2.24, 2.45) is 11.3 Å². The highest BCUT2D eigenvalue weighted by Crippen LogP contribution is 2.57. The minimum atomic E-state index is -0.890. The van der Waals surface area contributed by atoms with Crippen LogP contribution in [-0.4, -0.2) is 39.4 Å². The Morgan fingerprint density at radius 3 is 2.44 bits per heavy atom. The summed E-state index contributed by atoms with van der Waals surface area (Å²) in [4.78, 5) is 12.9. The van der Waals surface area contributed by atoms with Crippen LogP contribution in [0.4, 0.5) is 4.79 Å². The van der Waals surface area contributed by atoms with Gasteiger partial charge in [-0.15, -0.1) is 0 Å². The third kappa shape index (κ3) is 1.22. The number of carboxylic acid groups (broad SMARTS) is 1. The number of carbonyl (C=O) groups is 1. The van der Waals surface area contributed by atoms with Crippen LogP contribution < -0.4 is 0 Å². The van der Waals surface area contributed by atoms with Gasteiger partial charge in [-0.05, 0) is 30.6 Å². The fourth-order valence-corrected chi connectivity index (χ4v) is 3.93. The fourth-order valence-electron chi connectivity index (χ4n) is 3.93. The fraction of sp³-hybridized carbons (Fsp3) is 0.917. The maximum absolute atomic E-state index is 11.4. The third-order valence-electron chi connectivity index (χ3n) is 4.45. The van der Waals surface area contributed by atoms with Crippen LogP contribution in [0.1, 0.15) is 40.0 Å². The van der Waals surface area contributed by atoms with E-state index in [9.17, 15) is 15.0 Å². The number of piperidine rings is 1. The predicted molar refractivity (Wildman–Crippen MR) is 60.3 cm³/mol. The Labute approximate surface area is 96.3 Å². The maximum atomic E-state index is 11.4. The number of amides is 1. The summed E-state index contributed by atoms with van der Waals surface area (Å²) < 4.78 is 0. The Morgan fingerprint density at radius 2 is 2.06 bits per heavy atom. The zero-order valence-corrected chi connectivity index (χ0v) is 10.2. The van der Waals surface area contributed by atoms with E-state index >= 15 is 0 Å². The molecule has 16 heavy (non-hydrogen) atoms. The largest absolute Gasteiger partial charge is 0.465 e. The van der Waals surface area contributed by atoms with E-state index in [0.29, 0.717) is 12.5 Å². The number of rotatable bonds is 0. The van der Waals surface area contributed by atoms with Crippen LogP contribution >= 0.6 is 0 Å². The molecule has 1 saturated carbocycles. The summed E-state index contributed by atoms with van der Waals surface area (Å²) in [7, 11) is 0. The first-order chi connectivity index (χ1) is 7.31. The molecule has 1 saturated heterocycles. The number of nitrogens with zero attached hydrogens (tertiary/aromatic N) is 1. The van der Waals surface area contributed by atoms with Crippen molar-refractivity contribution in [3.63, 3.8) is 0 Å². The number of aliphatic hydroxyl groups excluding tert-OH is 1. The lowest BCUT2D eigenvalue weighted by atomic mass is 9.50. The second-order valence-corrected chi connectivity index (χ2v) is 6.10. The first kappa shape index (κ1) is 11.7. The van der Waals surface area contributed by atoms with E-state index in [1.165, 1.54) is 4.90 Å². The van der Waals surface area contributed by atoms with E-state index in [1.54, 1.807) is 0 Å². The van der Waals surface area contributed by atoms with Gasteiger partial charge in [-0.3, -0.25) is 4.90 Å². The van der Waals surface area contributed by atoms with Crippen molar-refractivity contribution in [2.45, 2.75) is 51.7 Å². The van der Waals surface area contributed by atoms with Gasteiger partial charge >= 0.3 is 6.09 Å². The normalized spacial score (nSPS) is 38.9. The highest BCUT2D eigenvalue weighted by atomic mass is 16.4. The van der Waals surface area contributed by atoms with Gasteiger partial charge in [-0.25, -0.2) is 4.79 Å². The van der Waals surface area contributed by atoms with E-state index in [4.69, 9.17) is 0 Å². The Balaban J connectivity index is 2.42. The standard InChI is InChI=1S/C12H21NO3/c1-11(2,3)12-8(7-9(12)14)5-4-6-13(12)10(15)16/h8-9,14H,4-7H2,1-3H3,(H,15,16). The number of aliphatic hydroxyl groups is 1. The first-order valence-electron chi connectivity index (χ1n) is 6.00. The highest BCUT2D eigenvalue weighted by molar-refractivity contribution is 5.67. The molecule has 2 aliphatic rings. The van der Waals surface area contributed by atoms with Crippen molar-refractivity contribution in [1.82, 2.24) is 4.90 Å². The average molecular weight is 227 g/mol. The van der Waals surface area contributed by atoms with Crippen LogP contribution in [0.25, 0.3) is 0 Å². The van der Waals surface area contributed by atoms with Crippen molar-refractivity contribution in [3.05, 3.63) is 0 Å². The molecule has 92 valence electrons. The third-order valence-corrected chi connectivity index (χ3v) is 4.45. The summed E-state index contributed by atoms with van der Waals surface area (Å²) in [5, 5.41) is 19.5. The smallest absolute Gasteiger partial charge is 0.407 e. The van der Waals surface area contributed by atoms with Crippen LogP contribution in [-0.2, 0) is 0 Å². The average Bonchev–Trinajstić information content (AvgIpc) is 2.12. The van der Waals surface area contributed by atoms with Crippen LogP contribution in [0, 0.1) is 11.3 Å². The molecule has 0 aromatic heterocycles. The van der Waals surface area contributed by atoms with Gasteiger partial charge in [0.05, 0.1) is 11.6 Å². The van der Waals surface area contributed by atoms with Gasteiger partial charge in [0.2, 0.25) is 0 Å². The van der Waals surface area contributed by atoms with Crippen LogP contribution in [0.5, 0.6) is 0 Å². The van der Waals surface area contributed by atoms with Crippen LogP contribution in [0.2, 0.25) is 0 Å². The Bertz CT molecular complexity index is 308. The van der Waals surface area contributed by atoms with E-state index in [0.717, 1.165) is 19.3 Å². The molecule has 0 radical (unpaired) electrons. The molecular weight excluding hydrogens is 206 g/mol. The SMILES string of the molecule is CC(C)(C)C12C(O)CC1CCCN2C(=O)O. The molecule has 1 amide bonds. The minimum Gasteiger partial charge on any atom is -0.465 e. The molecule has 2 N–H and O–H groups in total. The van der Waals surface area contributed by atoms with Crippen molar-refractivity contribution in [3.8, 4) is 0 Å². The molecule has 1 heterocycles. The van der Waals surface area contributed by atoms with Gasteiger partial charge < -0.3 is 10.2 Å². The first-order valence-corrected chi connectivity index (χ1v) is 6.00. The van der Waals surface area contributed by atoms with E-state index in [2.05, 4.69) is 0 Å². The molecule has 1 aliphatic carbocycles. The zero-order valence-electron chi connectivity index (χ0n) is 10.2. The molecule has 2 fully saturated rings. The van der Waals surface area contributed by atoms with Crippen molar-refractivity contribution in [2.75, 3.05) is 6.54 Å². The summed E-state index contributed by atoms with van der Waals surface area (Å²) in [6.45, 7) is 6.65. The Kier molecular flexibility index (Phi) is 2.46. The highest BCUT2D eigenvalue weighted by Gasteiger charge is 2.66. The monoisotopic (exact) mass is 227 g/mol. The quantitative estimate of drug-likeness (QED) is 0.664. The Morgan fingerprint density at radius 1 is 1.44 bits per heavy atom. The number of likely N-dealkylation sites (tertiary alicyclic amines) is 1. The van der Waals surface area contributed by atoms with Crippen molar-refractivity contribution in [1.29, 1.82) is 0 Å². The summed E-state index contributed by atoms with van der Waals surface area (Å²) in [5.41, 5.74) is -0.773. The second kappa shape index (κ2) is 3.36. The number of fused-ring (bicyclic) bond motifs is 1. The van der Waals surface area contributed by atoms with Crippen molar-refractivity contribution >= 4 is 6.09 Å². The van der Waals surface area contributed by atoms with Gasteiger partial charge in [0.15, 0.2) is 0 Å². The van der Waals surface area contributed by atoms with E-state index in [1.807, 2.05) is 20.8 Å². The molecule has 4 heteroatoms. The molecule has 3 unspecified atom stereocenters. The summed E-state index contributed by atoms with van der Waals surface area (Å²) in [6, 6.07) is 0. The lowest BCUT2D eigenvalue weighted by Crippen LogP contribution is -2.77. The predicted octanol–water partition coefficient (Wildman–Crippen LogP) is 1.93. The second-order valence-electron chi connectivity index (χ2n) is 6.10. The van der Waals surface area contributed by atoms with E-state index < -0.39 is 17.7 Å². The maximum Gasteiger partial charge on any atom is 0.407 e. The van der Waals surface area contributed by atoms with Gasteiger partial charge in [0, 0.05) is 6.54 Å². The molecule has 0 aromatic rings. The topological polar surface area (TPSA) is 60.8 Å². The summed E-state index contributed by atoms with van der Waals surface area (Å²) in [5.74, 6) is 0.326. The zero-order chi connectivity index (χ0) is 12.1. The number of hydrogen-bond acceptors (Lipinski definition) is 2. The van der Waals surface area contributed by atoms with E-state index in [-0.39, 0.29) is 5.41 Å². The summed E-state index contributed by atoms with van der Waals surface area (Å²) in [6.07, 6.45) is 1.31.